The number of nitrogens with zero attached hydrogens (tertiary/aromatic N) is 1. The Bertz CT molecular complexity index is 755. The number of nitrogens with one attached hydrogen (secondary N) is 2. The molecular weight excluding hydrogens is 366 g/mol. The van der Waals surface area contributed by atoms with Crippen LogP contribution in [0.5, 0.6) is 5.88 Å². The van der Waals surface area contributed by atoms with Crippen molar-refractivity contribution in [1.82, 2.24) is 10.3 Å². The van der Waals surface area contributed by atoms with Crippen molar-refractivity contribution in [3.63, 3.8) is 0 Å². The van der Waals surface area contributed by atoms with Crippen LogP contribution in [0.2, 0.25) is 0 Å². The summed E-state index contributed by atoms with van der Waals surface area (Å²) in [4.78, 5) is 16.0. The summed E-state index contributed by atoms with van der Waals surface area (Å²) in [5, 5.41) is 5.91. The zero-order valence-electron chi connectivity index (χ0n) is 14.5. The number of anilines is 1. The molecule has 0 atom stereocenters. The molecule has 0 aliphatic carbocycles. The van der Waals surface area contributed by atoms with Crippen LogP contribution in [0, 0.1) is 0 Å². The molecule has 0 aliphatic rings. The summed E-state index contributed by atoms with van der Waals surface area (Å²) >= 11 is 0. The highest BCUT2D eigenvalue weighted by atomic mass is 19.3. The fourth-order valence-corrected chi connectivity index (χ4v) is 2.08. The number of hydrogen-bond donors (Lipinski definition) is 2. The minimum atomic E-state index is -4.27. The lowest BCUT2D eigenvalue weighted by molar-refractivity contribution is -0.148. The van der Waals surface area contributed by atoms with Crippen LogP contribution < -0.4 is 15.4 Å². The second-order valence-corrected chi connectivity index (χ2v) is 5.63. The minimum Gasteiger partial charge on any atom is -0.471 e. The van der Waals surface area contributed by atoms with Gasteiger partial charge in [0.05, 0.1) is 5.56 Å². The van der Waals surface area contributed by atoms with Gasteiger partial charge in [-0.25, -0.2) is 13.8 Å². The standard InChI is InChI=1S/C18H19F4N3O2/c1-2-23-9-12-5-3-4-6-14(12)25-16(26)13-7-8-15(24-10-13)27-11-18(21,22)17(19)20/h3-8,10,17,23H,2,9,11H2,1H3,(H,25,26). The van der Waals surface area contributed by atoms with Crippen molar-refractivity contribution >= 4 is 11.6 Å². The van der Waals surface area contributed by atoms with Crippen LogP contribution in [-0.2, 0) is 6.54 Å². The summed E-state index contributed by atoms with van der Waals surface area (Å²) in [7, 11) is 0. The monoisotopic (exact) mass is 385 g/mol. The SMILES string of the molecule is CCNCc1ccccc1NC(=O)c1ccc(OCC(F)(F)C(F)F)nc1. The molecule has 146 valence electrons. The third kappa shape index (κ3) is 5.92. The van der Waals surface area contributed by atoms with E-state index in [0.717, 1.165) is 18.3 Å². The number of aromatic nitrogens is 1. The van der Waals surface area contributed by atoms with Gasteiger partial charge in [0.15, 0.2) is 6.61 Å². The lowest BCUT2D eigenvalue weighted by Crippen LogP contribution is -2.33. The first-order chi connectivity index (χ1) is 12.8. The molecule has 9 heteroatoms. The first kappa shape index (κ1) is 20.6. The van der Waals surface area contributed by atoms with Crippen molar-refractivity contribution in [2.75, 3.05) is 18.5 Å². The predicted molar refractivity (Wildman–Crippen MR) is 92.5 cm³/mol. The van der Waals surface area contributed by atoms with E-state index in [2.05, 4.69) is 20.4 Å². The van der Waals surface area contributed by atoms with Gasteiger partial charge in [0.25, 0.3) is 5.91 Å². The number of pyridine rings is 1. The normalized spacial score (nSPS) is 11.5. The average Bonchev–Trinajstić information content (AvgIpc) is 2.66. The Morgan fingerprint density at radius 2 is 1.96 bits per heavy atom. The van der Waals surface area contributed by atoms with E-state index in [-0.39, 0.29) is 11.4 Å². The van der Waals surface area contributed by atoms with Crippen LogP contribution in [0.4, 0.5) is 23.2 Å². The van der Waals surface area contributed by atoms with Crippen LogP contribution in [-0.4, -0.2) is 36.4 Å². The van der Waals surface area contributed by atoms with Gasteiger partial charge in [0, 0.05) is 24.5 Å². The molecule has 2 aromatic rings. The van der Waals surface area contributed by atoms with Crippen molar-refractivity contribution in [2.45, 2.75) is 25.8 Å². The Morgan fingerprint density at radius 1 is 1.22 bits per heavy atom. The Labute approximate surface area is 153 Å². The summed E-state index contributed by atoms with van der Waals surface area (Å²) in [6.07, 6.45) is -2.71. The van der Waals surface area contributed by atoms with E-state index in [1.807, 2.05) is 19.1 Å². The van der Waals surface area contributed by atoms with E-state index in [1.54, 1.807) is 12.1 Å². The van der Waals surface area contributed by atoms with Crippen LogP contribution in [0.15, 0.2) is 42.6 Å². The molecule has 0 unspecified atom stereocenters. The van der Waals surface area contributed by atoms with Crippen molar-refractivity contribution in [3.8, 4) is 5.88 Å². The maximum Gasteiger partial charge on any atom is 0.340 e. The maximum absolute atomic E-state index is 12.8. The number of carbonyl (C=O) groups is 1. The highest BCUT2D eigenvalue weighted by Gasteiger charge is 2.41. The van der Waals surface area contributed by atoms with Crippen LogP contribution in [0.3, 0.4) is 0 Å². The Morgan fingerprint density at radius 3 is 2.59 bits per heavy atom. The molecule has 5 nitrogen and oxygen atoms in total. The number of amides is 1. The molecule has 1 amide bonds. The average molecular weight is 385 g/mol. The van der Waals surface area contributed by atoms with Gasteiger partial charge < -0.3 is 15.4 Å². The zero-order chi connectivity index (χ0) is 19.9. The highest BCUT2D eigenvalue weighted by molar-refractivity contribution is 6.04. The number of ether oxygens (including phenoxy) is 1. The first-order valence-electron chi connectivity index (χ1n) is 8.18. The fraction of sp³-hybridized carbons (Fsp3) is 0.333. The predicted octanol–water partition coefficient (Wildman–Crippen LogP) is 3.72. The number of rotatable bonds is 9. The lowest BCUT2D eigenvalue weighted by atomic mass is 10.1. The summed E-state index contributed by atoms with van der Waals surface area (Å²) in [5.41, 5.74) is 1.69. The second-order valence-electron chi connectivity index (χ2n) is 5.63. The molecule has 2 rings (SSSR count). The van der Waals surface area contributed by atoms with Crippen molar-refractivity contribution in [1.29, 1.82) is 0 Å². The topological polar surface area (TPSA) is 63.2 Å². The van der Waals surface area contributed by atoms with E-state index >= 15 is 0 Å². The number of alkyl halides is 4. The minimum absolute atomic E-state index is 0.168. The van der Waals surface area contributed by atoms with Crippen molar-refractivity contribution < 1.29 is 27.1 Å². The van der Waals surface area contributed by atoms with E-state index < -0.39 is 24.9 Å². The molecule has 0 fully saturated rings. The highest BCUT2D eigenvalue weighted by Crippen LogP contribution is 2.24. The molecule has 0 bridgehead atoms. The van der Waals surface area contributed by atoms with Crippen LogP contribution in [0.1, 0.15) is 22.8 Å². The number of para-hydroxylation sites is 1. The summed E-state index contributed by atoms with van der Waals surface area (Å²) in [6.45, 7) is 1.82. The van der Waals surface area contributed by atoms with Crippen LogP contribution >= 0.6 is 0 Å². The van der Waals surface area contributed by atoms with Gasteiger partial charge in [-0.2, -0.15) is 8.78 Å². The van der Waals surface area contributed by atoms with E-state index in [0.29, 0.717) is 12.2 Å². The molecule has 0 saturated heterocycles. The fourth-order valence-electron chi connectivity index (χ4n) is 2.08. The lowest BCUT2D eigenvalue weighted by Gasteiger charge is -2.15. The zero-order valence-corrected chi connectivity index (χ0v) is 14.5. The number of carbonyl (C=O) groups excluding carboxylic acids is 1. The molecule has 0 aliphatic heterocycles. The second kappa shape index (κ2) is 9.31. The third-order valence-electron chi connectivity index (χ3n) is 3.56. The largest absolute Gasteiger partial charge is 0.471 e. The Balaban J connectivity index is 2.00. The van der Waals surface area contributed by atoms with Crippen molar-refractivity contribution in [3.05, 3.63) is 53.7 Å². The number of halogens is 4. The molecule has 1 aromatic carbocycles. The quantitative estimate of drug-likeness (QED) is 0.646. The smallest absolute Gasteiger partial charge is 0.340 e. The van der Waals surface area contributed by atoms with Gasteiger partial charge >= 0.3 is 12.3 Å². The van der Waals surface area contributed by atoms with E-state index in [9.17, 15) is 22.4 Å². The molecule has 0 radical (unpaired) electrons. The van der Waals surface area contributed by atoms with Gasteiger partial charge in [-0.3, -0.25) is 4.79 Å². The molecule has 2 N–H and O–H groups in total. The Kier molecular flexibility index (Phi) is 7.12. The summed E-state index contributed by atoms with van der Waals surface area (Å²) in [6, 6.07) is 9.74. The maximum atomic E-state index is 12.8. The number of hydrogen-bond acceptors (Lipinski definition) is 4. The molecule has 1 heterocycles. The third-order valence-corrected chi connectivity index (χ3v) is 3.56. The van der Waals surface area contributed by atoms with Gasteiger partial charge in [-0.05, 0) is 24.2 Å². The van der Waals surface area contributed by atoms with E-state index in [4.69, 9.17) is 0 Å². The molecular formula is C18H19F4N3O2. The van der Waals surface area contributed by atoms with Crippen molar-refractivity contribution in [2.24, 2.45) is 0 Å². The van der Waals surface area contributed by atoms with Gasteiger partial charge in [-0.1, -0.05) is 25.1 Å². The first-order valence-corrected chi connectivity index (χ1v) is 8.18. The summed E-state index contributed by atoms with van der Waals surface area (Å²) in [5.74, 6) is -5.00. The molecule has 27 heavy (non-hydrogen) atoms. The number of benzene rings is 1. The Hall–Kier alpha value is -2.68. The molecule has 0 spiro atoms. The summed E-state index contributed by atoms with van der Waals surface area (Å²) < 4.78 is 54.4. The molecule has 0 saturated carbocycles. The van der Waals surface area contributed by atoms with Gasteiger partial charge in [0.2, 0.25) is 5.88 Å². The van der Waals surface area contributed by atoms with Crippen LogP contribution in [0.25, 0.3) is 0 Å². The van der Waals surface area contributed by atoms with Gasteiger partial charge in [-0.15, -0.1) is 0 Å². The van der Waals surface area contributed by atoms with E-state index in [1.165, 1.54) is 12.1 Å². The molecule has 1 aromatic heterocycles. The van der Waals surface area contributed by atoms with Gasteiger partial charge in [0.1, 0.15) is 0 Å².